The number of hydrogen-bond donors (Lipinski definition) is 0. The first-order valence-corrected chi connectivity index (χ1v) is 10.4. The fourth-order valence-corrected chi connectivity index (χ4v) is 4.84. The number of halogens is 1. The van der Waals surface area contributed by atoms with Gasteiger partial charge in [0.25, 0.3) is 5.91 Å². The molecule has 0 unspecified atom stereocenters. The maximum atomic E-state index is 12.8. The number of pyridine rings is 1. The van der Waals surface area contributed by atoms with Crippen molar-refractivity contribution < 1.29 is 22.7 Å². The van der Waals surface area contributed by atoms with Crippen LogP contribution in [0.1, 0.15) is 16.8 Å². The van der Waals surface area contributed by atoms with Gasteiger partial charge in [0, 0.05) is 11.9 Å². The molecule has 0 bridgehead atoms. The van der Waals surface area contributed by atoms with Gasteiger partial charge in [-0.15, -0.1) is 0 Å². The lowest BCUT2D eigenvalue weighted by atomic mass is 10.2. The van der Waals surface area contributed by atoms with Crippen molar-refractivity contribution in [3.05, 3.63) is 59.4 Å². The molecule has 1 aromatic heterocycles. The standard InChI is InChI=1S/C18H17ClN2O5S/c19-17-15(7-4-9-20-17)18(23)26-11-16(22)21(13-5-2-1-3-6-13)14-8-10-27(24,25)12-14/h1-7,9,14H,8,10-12H2/t14-/m1/s1. The van der Waals surface area contributed by atoms with Crippen molar-refractivity contribution in [2.45, 2.75) is 12.5 Å². The number of hydrogen-bond acceptors (Lipinski definition) is 6. The summed E-state index contributed by atoms with van der Waals surface area (Å²) in [6, 6.07) is 11.2. The largest absolute Gasteiger partial charge is 0.452 e. The predicted octanol–water partition coefficient (Wildman–Crippen LogP) is 2.11. The molecule has 2 heterocycles. The van der Waals surface area contributed by atoms with E-state index in [1.165, 1.54) is 23.2 Å². The van der Waals surface area contributed by atoms with Crippen molar-refractivity contribution in [2.24, 2.45) is 0 Å². The molecule has 0 aliphatic carbocycles. The number of ether oxygens (including phenoxy) is 1. The number of aromatic nitrogens is 1. The van der Waals surface area contributed by atoms with E-state index in [1.807, 2.05) is 0 Å². The van der Waals surface area contributed by atoms with E-state index in [9.17, 15) is 18.0 Å². The molecule has 2 aromatic rings. The Morgan fingerprint density at radius 1 is 1.19 bits per heavy atom. The molecule has 27 heavy (non-hydrogen) atoms. The third-order valence-electron chi connectivity index (χ3n) is 4.18. The summed E-state index contributed by atoms with van der Waals surface area (Å²) in [5.74, 6) is -1.36. The van der Waals surface area contributed by atoms with Crippen LogP contribution in [0.2, 0.25) is 5.15 Å². The van der Waals surface area contributed by atoms with Gasteiger partial charge in [-0.2, -0.15) is 0 Å². The van der Waals surface area contributed by atoms with Crippen molar-refractivity contribution in [3.63, 3.8) is 0 Å². The first-order valence-electron chi connectivity index (χ1n) is 8.22. The zero-order valence-electron chi connectivity index (χ0n) is 14.2. The van der Waals surface area contributed by atoms with E-state index >= 15 is 0 Å². The first kappa shape index (κ1) is 19.3. The van der Waals surface area contributed by atoms with Crippen LogP contribution in [0.15, 0.2) is 48.7 Å². The quantitative estimate of drug-likeness (QED) is 0.555. The second kappa shape index (κ2) is 8.06. The first-order chi connectivity index (χ1) is 12.9. The van der Waals surface area contributed by atoms with Crippen molar-refractivity contribution >= 4 is 39.0 Å². The van der Waals surface area contributed by atoms with Gasteiger partial charge in [0.05, 0.1) is 23.1 Å². The van der Waals surface area contributed by atoms with Gasteiger partial charge in [-0.05, 0) is 30.7 Å². The summed E-state index contributed by atoms with van der Waals surface area (Å²) >= 11 is 5.85. The number of benzene rings is 1. The highest BCUT2D eigenvalue weighted by atomic mass is 35.5. The van der Waals surface area contributed by atoms with E-state index in [1.54, 1.807) is 30.3 Å². The fourth-order valence-electron chi connectivity index (χ4n) is 2.94. The molecule has 0 spiro atoms. The number of carbonyl (C=O) groups is 2. The molecule has 0 N–H and O–H groups in total. The molecule has 9 heteroatoms. The molecule has 142 valence electrons. The smallest absolute Gasteiger partial charge is 0.341 e. The minimum absolute atomic E-state index is 0.0169. The summed E-state index contributed by atoms with van der Waals surface area (Å²) in [6.45, 7) is -0.532. The van der Waals surface area contributed by atoms with E-state index in [2.05, 4.69) is 4.98 Å². The summed E-state index contributed by atoms with van der Waals surface area (Å²) in [4.78, 5) is 30.1. The molecule has 0 saturated carbocycles. The number of sulfone groups is 1. The highest BCUT2D eigenvalue weighted by Gasteiger charge is 2.35. The van der Waals surface area contributed by atoms with E-state index in [4.69, 9.17) is 16.3 Å². The molecule has 1 atom stereocenters. The number of anilines is 1. The SMILES string of the molecule is O=C(OCC(=O)N(c1ccccc1)[C@@H]1CCS(=O)(=O)C1)c1cccnc1Cl. The lowest BCUT2D eigenvalue weighted by Gasteiger charge is -2.28. The van der Waals surface area contributed by atoms with Crippen LogP contribution in [0.5, 0.6) is 0 Å². The third kappa shape index (κ3) is 4.64. The topological polar surface area (TPSA) is 93.6 Å². The van der Waals surface area contributed by atoms with Gasteiger partial charge >= 0.3 is 5.97 Å². The van der Waals surface area contributed by atoms with Crippen LogP contribution in [-0.2, 0) is 19.4 Å². The Balaban J connectivity index is 1.76. The van der Waals surface area contributed by atoms with E-state index < -0.39 is 34.4 Å². The lowest BCUT2D eigenvalue weighted by Crippen LogP contribution is -2.43. The van der Waals surface area contributed by atoms with Gasteiger partial charge in [-0.1, -0.05) is 29.8 Å². The number of carbonyl (C=O) groups excluding carboxylic acids is 2. The van der Waals surface area contributed by atoms with Crippen molar-refractivity contribution in [3.8, 4) is 0 Å². The highest BCUT2D eigenvalue weighted by Crippen LogP contribution is 2.24. The molecule has 1 aromatic carbocycles. The van der Waals surface area contributed by atoms with Gasteiger partial charge in [-0.3, -0.25) is 4.79 Å². The maximum absolute atomic E-state index is 12.8. The van der Waals surface area contributed by atoms with E-state index in [0.717, 1.165) is 0 Å². The minimum atomic E-state index is -3.19. The number of para-hydroxylation sites is 1. The second-order valence-corrected chi connectivity index (χ2v) is 8.66. The molecule has 1 saturated heterocycles. The number of esters is 1. The Kier molecular flexibility index (Phi) is 5.76. The normalized spacial score (nSPS) is 18.0. The Morgan fingerprint density at radius 2 is 1.93 bits per heavy atom. The number of nitrogens with zero attached hydrogens (tertiary/aromatic N) is 2. The molecule has 7 nitrogen and oxygen atoms in total. The van der Waals surface area contributed by atoms with Crippen LogP contribution in [-0.4, -0.2) is 49.4 Å². The van der Waals surface area contributed by atoms with Crippen LogP contribution < -0.4 is 4.90 Å². The number of amides is 1. The number of rotatable bonds is 5. The van der Waals surface area contributed by atoms with E-state index in [-0.39, 0.29) is 22.2 Å². The zero-order valence-corrected chi connectivity index (χ0v) is 15.8. The molecule has 3 rings (SSSR count). The van der Waals surface area contributed by atoms with E-state index in [0.29, 0.717) is 12.1 Å². The van der Waals surface area contributed by atoms with Gasteiger partial charge < -0.3 is 9.64 Å². The Hall–Kier alpha value is -2.45. The predicted molar refractivity (Wildman–Crippen MR) is 101 cm³/mol. The van der Waals surface area contributed by atoms with Gasteiger partial charge in [0.1, 0.15) is 5.15 Å². The minimum Gasteiger partial charge on any atom is -0.452 e. The molecule has 0 radical (unpaired) electrons. The summed E-state index contributed by atoms with van der Waals surface area (Å²) < 4.78 is 28.8. The monoisotopic (exact) mass is 408 g/mol. The second-order valence-electron chi connectivity index (χ2n) is 6.07. The van der Waals surface area contributed by atoms with Crippen LogP contribution in [0, 0.1) is 0 Å². The molecular weight excluding hydrogens is 392 g/mol. The van der Waals surface area contributed by atoms with Crippen LogP contribution in [0.4, 0.5) is 5.69 Å². The van der Waals surface area contributed by atoms with Gasteiger partial charge in [0.2, 0.25) is 0 Å². The maximum Gasteiger partial charge on any atom is 0.341 e. The van der Waals surface area contributed by atoms with Crippen molar-refractivity contribution in [1.29, 1.82) is 0 Å². The fraction of sp³-hybridized carbons (Fsp3) is 0.278. The molecule has 1 fully saturated rings. The Morgan fingerprint density at radius 3 is 2.56 bits per heavy atom. The average Bonchev–Trinajstić information content (AvgIpc) is 3.00. The molecule has 1 amide bonds. The Bertz CT molecular complexity index is 949. The summed E-state index contributed by atoms with van der Waals surface area (Å²) in [5.41, 5.74) is 0.613. The third-order valence-corrected chi connectivity index (χ3v) is 6.23. The molecular formula is C18H17ClN2O5S. The lowest BCUT2D eigenvalue weighted by molar-refractivity contribution is -0.122. The average molecular weight is 409 g/mol. The van der Waals surface area contributed by atoms with Gasteiger partial charge in [-0.25, -0.2) is 18.2 Å². The summed E-state index contributed by atoms with van der Waals surface area (Å²) in [6.07, 6.45) is 1.77. The highest BCUT2D eigenvalue weighted by molar-refractivity contribution is 7.91. The summed E-state index contributed by atoms with van der Waals surface area (Å²) in [7, 11) is -3.19. The molecule has 1 aliphatic heterocycles. The van der Waals surface area contributed by atoms with Crippen LogP contribution in [0.25, 0.3) is 0 Å². The summed E-state index contributed by atoms with van der Waals surface area (Å²) in [5, 5.41) is -0.0169. The zero-order chi connectivity index (χ0) is 19.4. The Labute approximate surface area is 161 Å². The van der Waals surface area contributed by atoms with Gasteiger partial charge in [0.15, 0.2) is 16.4 Å². The van der Waals surface area contributed by atoms with Crippen molar-refractivity contribution in [1.82, 2.24) is 4.98 Å². The van der Waals surface area contributed by atoms with Crippen molar-refractivity contribution in [2.75, 3.05) is 23.0 Å². The van der Waals surface area contributed by atoms with Crippen LogP contribution in [0.3, 0.4) is 0 Å². The van der Waals surface area contributed by atoms with Crippen LogP contribution >= 0.6 is 11.6 Å². The molecule has 1 aliphatic rings.